The molecule has 0 aliphatic carbocycles. The number of aliphatic carboxylic acids is 1. The Bertz CT molecular complexity index is 652. The first kappa shape index (κ1) is 23.9. The van der Waals surface area contributed by atoms with E-state index < -0.39 is 20.4 Å². The van der Waals surface area contributed by atoms with Crippen LogP contribution in [0.5, 0.6) is 5.75 Å². The maximum absolute atomic E-state index is 11.4. The van der Waals surface area contributed by atoms with Gasteiger partial charge in [-0.2, -0.15) is 0 Å². The van der Waals surface area contributed by atoms with Crippen LogP contribution < -0.4 is 4.74 Å². The van der Waals surface area contributed by atoms with Crippen molar-refractivity contribution in [2.45, 2.75) is 83.1 Å². The molecule has 3 atom stereocenters. The molecule has 0 radical (unpaired) electrons. The highest BCUT2D eigenvalue weighted by atomic mass is 28.4. The summed E-state index contributed by atoms with van der Waals surface area (Å²) in [6, 6.07) is 7.75. The smallest absolute Gasteiger partial charge is 0.306 e. The molecule has 0 aromatic heterocycles. The Morgan fingerprint density at radius 1 is 1.21 bits per heavy atom. The molecule has 29 heavy (non-hydrogen) atoms. The molecule has 0 bridgehead atoms. The summed E-state index contributed by atoms with van der Waals surface area (Å²) in [5.41, 5.74) is 1.06. The molecule has 7 heteroatoms. The van der Waals surface area contributed by atoms with Gasteiger partial charge in [0.2, 0.25) is 0 Å². The van der Waals surface area contributed by atoms with E-state index in [4.69, 9.17) is 18.6 Å². The Kier molecular flexibility index (Phi) is 8.28. The zero-order chi connectivity index (χ0) is 21.7. The summed E-state index contributed by atoms with van der Waals surface area (Å²) < 4.78 is 23.6. The predicted molar refractivity (Wildman–Crippen MR) is 115 cm³/mol. The largest absolute Gasteiger partial charge is 0.497 e. The summed E-state index contributed by atoms with van der Waals surface area (Å²) in [5.74, 6) is -0.0488. The van der Waals surface area contributed by atoms with E-state index in [0.717, 1.165) is 24.2 Å². The molecule has 1 saturated heterocycles. The summed E-state index contributed by atoms with van der Waals surface area (Å²) in [6.07, 6.45) is 0.819. The number of ether oxygens (including phenoxy) is 3. The van der Waals surface area contributed by atoms with Gasteiger partial charge in [0.25, 0.3) is 0 Å². The molecule has 1 aliphatic heterocycles. The molecule has 164 valence electrons. The zero-order valence-corrected chi connectivity index (χ0v) is 19.6. The maximum atomic E-state index is 11.4. The fourth-order valence-electron chi connectivity index (χ4n) is 3.13. The number of benzene rings is 1. The molecule has 6 nitrogen and oxygen atoms in total. The molecule has 0 saturated carbocycles. The van der Waals surface area contributed by atoms with Crippen molar-refractivity contribution in [1.82, 2.24) is 0 Å². The summed E-state index contributed by atoms with van der Waals surface area (Å²) in [6.45, 7) is 11.9. The number of hydrogen-bond donors (Lipinski definition) is 1. The van der Waals surface area contributed by atoms with Crippen molar-refractivity contribution >= 4 is 14.3 Å². The van der Waals surface area contributed by atoms with Crippen molar-refractivity contribution in [2.75, 3.05) is 13.7 Å². The van der Waals surface area contributed by atoms with E-state index in [1.54, 1.807) is 7.11 Å². The first-order valence-electron chi connectivity index (χ1n) is 10.3. The van der Waals surface area contributed by atoms with Crippen molar-refractivity contribution < 1.29 is 28.5 Å². The van der Waals surface area contributed by atoms with Crippen LogP contribution in [-0.2, 0) is 25.3 Å². The molecule has 1 aromatic carbocycles. The number of carboxylic acids is 1. The van der Waals surface area contributed by atoms with Crippen molar-refractivity contribution in [3.63, 3.8) is 0 Å². The minimum atomic E-state index is -2.00. The highest BCUT2D eigenvalue weighted by molar-refractivity contribution is 6.74. The highest BCUT2D eigenvalue weighted by Crippen LogP contribution is 2.39. The fraction of sp³-hybridized carbons (Fsp3) is 0.682. The van der Waals surface area contributed by atoms with Crippen molar-refractivity contribution in [3.05, 3.63) is 29.8 Å². The van der Waals surface area contributed by atoms with Gasteiger partial charge in [0.15, 0.2) is 8.32 Å². The second kappa shape index (κ2) is 10.1. The number of carbonyl (C=O) groups is 1. The summed E-state index contributed by atoms with van der Waals surface area (Å²) in [5, 5.41) is 9.40. The average Bonchev–Trinajstić information content (AvgIpc) is 2.63. The van der Waals surface area contributed by atoms with Crippen LogP contribution in [0.1, 0.15) is 45.6 Å². The number of carboxylic acid groups (broad SMARTS) is 1. The van der Waals surface area contributed by atoms with Crippen LogP contribution in [0.15, 0.2) is 24.3 Å². The van der Waals surface area contributed by atoms with Gasteiger partial charge in [0, 0.05) is 0 Å². The van der Waals surface area contributed by atoms with Crippen LogP contribution in [0.25, 0.3) is 0 Å². The van der Waals surface area contributed by atoms with Crippen molar-refractivity contribution in [2.24, 2.45) is 0 Å². The van der Waals surface area contributed by atoms with Gasteiger partial charge >= 0.3 is 5.97 Å². The van der Waals surface area contributed by atoms with Crippen LogP contribution in [0, 0.1) is 0 Å². The van der Waals surface area contributed by atoms with Gasteiger partial charge in [0.05, 0.1) is 45.1 Å². The van der Waals surface area contributed by atoms with Crippen LogP contribution in [0.4, 0.5) is 0 Å². The molecule has 1 aromatic rings. The Morgan fingerprint density at radius 3 is 2.41 bits per heavy atom. The van der Waals surface area contributed by atoms with Gasteiger partial charge in [-0.15, -0.1) is 0 Å². The third-order valence-corrected chi connectivity index (χ3v) is 10.4. The van der Waals surface area contributed by atoms with Gasteiger partial charge in [-0.25, -0.2) is 0 Å². The SMILES string of the molecule is COc1ccc(COC[C@H]2CC[C@H](O[Si](C)(C)C(C)(C)C)[C@H](CC(=O)O)O2)cc1. The normalized spacial score (nSPS) is 23.0. The number of rotatable bonds is 9. The highest BCUT2D eigenvalue weighted by Gasteiger charge is 2.43. The van der Waals surface area contributed by atoms with Crippen molar-refractivity contribution in [3.8, 4) is 5.75 Å². The molecule has 0 amide bonds. The minimum Gasteiger partial charge on any atom is -0.497 e. The molecule has 1 N–H and O–H groups in total. The molecule has 1 heterocycles. The summed E-state index contributed by atoms with van der Waals surface area (Å²) >= 11 is 0. The van der Waals surface area contributed by atoms with E-state index in [2.05, 4.69) is 33.9 Å². The molecule has 1 aliphatic rings. The van der Waals surface area contributed by atoms with E-state index in [-0.39, 0.29) is 23.7 Å². The summed E-state index contributed by atoms with van der Waals surface area (Å²) in [7, 11) is -0.359. The lowest BCUT2D eigenvalue weighted by atomic mass is 9.99. The Hall–Kier alpha value is -1.41. The van der Waals surface area contributed by atoms with E-state index in [9.17, 15) is 9.90 Å². The minimum absolute atomic E-state index is 0.0474. The second-order valence-corrected chi connectivity index (χ2v) is 14.0. The van der Waals surface area contributed by atoms with E-state index >= 15 is 0 Å². The lowest BCUT2D eigenvalue weighted by molar-refractivity contribution is -0.158. The molecule has 0 spiro atoms. The third kappa shape index (κ3) is 7.10. The second-order valence-electron chi connectivity index (χ2n) is 9.25. The molecular weight excluding hydrogens is 388 g/mol. The van der Waals surface area contributed by atoms with E-state index in [0.29, 0.717) is 13.2 Å². The topological polar surface area (TPSA) is 74.2 Å². The third-order valence-electron chi connectivity index (χ3n) is 5.91. The average molecular weight is 425 g/mol. The lowest BCUT2D eigenvalue weighted by Crippen LogP contribution is -2.51. The van der Waals surface area contributed by atoms with Gasteiger partial charge in [-0.3, -0.25) is 4.79 Å². The van der Waals surface area contributed by atoms with E-state index in [1.165, 1.54) is 0 Å². The Morgan fingerprint density at radius 2 is 1.86 bits per heavy atom. The van der Waals surface area contributed by atoms with Crippen LogP contribution in [0.2, 0.25) is 18.1 Å². The van der Waals surface area contributed by atoms with Gasteiger partial charge in [-0.05, 0) is 48.7 Å². The first-order chi connectivity index (χ1) is 13.5. The van der Waals surface area contributed by atoms with Crippen molar-refractivity contribution in [1.29, 1.82) is 0 Å². The molecule has 1 fully saturated rings. The fourth-order valence-corrected chi connectivity index (χ4v) is 4.51. The number of hydrogen-bond acceptors (Lipinski definition) is 5. The van der Waals surface area contributed by atoms with Gasteiger partial charge < -0.3 is 23.7 Å². The van der Waals surface area contributed by atoms with Crippen LogP contribution in [-0.4, -0.2) is 51.4 Å². The van der Waals surface area contributed by atoms with Crippen LogP contribution in [0.3, 0.4) is 0 Å². The predicted octanol–water partition coefficient (Wildman–Crippen LogP) is 4.62. The Balaban J connectivity index is 1.90. The first-order valence-corrected chi connectivity index (χ1v) is 13.2. The Labute approximate surface area is 175 Å². The molecular formula is C22H36O6Si. The zero-order valence-electron chi connectivity index (χ0n) is 18.6. The monoisotopic (exact) mass is 424 g/mol. The maximum Gasteiger partial charge on any atom is 0.306 e. The van der Waals surface area contributed by atoms with Gasteiger partial charge in [0.1, 0.15) is 5.75 Å². The molecule has 2 rings (SSSR count). The van der Waals surface area contributed by atoms with Crippen LogP contribution >= 0.6 is 0 Å². The van der Waals surface area contributed by atoms with Gasteiger partial charge in [-0.1, -0.05) is 32.9 Å². The molecule has 0 unspecified atom stereocenters. The number of methoxy groups -OCH3 is 1. The van der Waals surface area contributed by atoms with E-state index in [1.807, 2.05) is 24.3 Å². The quantitative estimate of drug-likeness (QED) is 0.583. The standard InChI is InChI=1S/C22H36O6Si/c1-22(2,3)29(5,6)28-19-12-11-18(27-20(19)13-21(23)24)15-26-14-16-7-9-17(25-4)10-8-16/h7-10,18-20H,11-15H2,1-6H3,(H,23,24)/t18-,19+,20+/m1/s1. The lowest BCUT2D eigenvalue weighted by Gasteiger charge is -2.44. The summed E-state index contributed by atoms with van der Waals surface area (Å²) in [4.78, 5) is 11.4.